The minimum atomic E-state index is -0.759. The number of aliphatic hydroxyl groups is 1. The zero-order chi connectivity index (χ0) is 23.9. The second-order valence-electron chi connectivity index (χ2n) is 9.34. The van der Waals surface area contributed by atoms with Crippen molar-refractivity contribution in [3.8, 4) is 0 Å². The van der Waals surface area contributed by atoms with E-state index < -0.39 is 17.7 Å². The van der Waals surface area contributed by atoms with Crippen LogP contribution in [0.3, 0.4) is 0 Å². The molecule has 3 aromatic rings. The third kappa shape index (κ3) is 4.19. The molecule has 1 atom stereocenters. The first-order chi connectivity index (χ1) is 15.6. The molecule has 4 rings (SSSR count). The van der Waals surface area contributed by atoms with Gasteiger partial charge < -0.3 is 5.11 Å². The number of aliphatic hydroxyl groups excluding tert-OH is 1. The quantitative estimate of drug-likeness (QED) is 0.273. The van der Waals surface area contributed by atoms with Crippen LogP contribution in [0.2, 0.25) is 5.02 Å². The Morgan fingerprint density at radius 3 is 2.18 bits per heavy atom. The van der Waals surface area contributed by atoms with Crippen molar-refractivity contribution < 1.29 is 14.7 Å². The number of anilines is 1. The van der Waals surface area contributed by atoms with Gasteiger partial charge in [-0.2, -0.15) is 0 Å². The first kappa shape index (κ1) is 22.8. The van der Waals surface area contributed by atoms with Crippen LogP contribution in [-0.4, -0.2) is 16.8 Å². The molecule has 0 bridgehead atoms. The van der Waals surface area contributed by atoms with E-state index in [1.807, 2.05) is 55.5 Å². The molecule has 3 aromatic carbocycles. The fourth-order valence-corrected chi connectivity index (χ4v) is 4.27. The smallest absolute Gasteiger partial charge is 0.300 e. The Morgan fingerprint density at radius 2 is 1.58 bits per heavy atom. The number of nitrogens with zero attached hydrogens (tertiary/aromatic N) is 1. The van der Waals surface area contributed by atoms with Crippen LogP contribution in [0.15, 0.2) is 78.4 Å². The summed E-state index contributed by atoms with van der Waals surface area (Å²) in [5.41, 5.74) is 3.61. The molecule has 1 amide bonds. The lowest BCUT2D eigenvalue weighted by atomic mass is 9.84. The minimum Gasteiger partial charge on any atom is -0.507 e. The number of ketones is 1. The number of carbonyl (C=O) groups is 2. The molecule has 1 aliphatic heterocycles. The monoisotopic (exact) mass is 459 g/mol. The van der Waals surface area contributed by atoms with Crippen molar-refractivity contribution in [2.75, 3.05) is 4.90 Å². The predicted octanol–water partition coefficient (Wildman–Crippen LogP) is 6.57. The molecule has 1 N–H and O–H groups in total. The SMILES string of the molecule is Cc1ccc(C(C)(C)C)cc1/C(O)=C1\C(=O)C(=O)N(c2ccc(Cl)cc2)C1c1ccccc1. The minimum absolute atomic E-state index is 0.0790. The third-order valence-corrected chi connectivity index (χ3v) is 6.28. The summed E-state index contributed by atoms with van der Waals surface area (Å²) in [5, 5.41) is 12.0. The van der Waals surface area contributed by atoms with E-state index in [9.17, 15) is 14.7 Å². The largest absolute Gasteiger partial charge is 0.507 e. The van der Waals surface area contributed by atoms with Crippen molar-refractivity contribution in [2.24, 2.45) is 0 Å². The number of halogens is 1. The Bertz CT molecular complexity index is 1250. The normalized spacial score (nSPS) is 18.1. The van der Waals surface area contributed by atoms with E-state index in [2.05, 4.69) is 20.8 Å². The van der Waals surface area contributed by atoms with E-state index >= 15 is 0 Å². The maximum Gasteiger partial charge on any atom is 0.300 e. The molecule has 1 fully saturated rings. The highest BCUT2D eigenvalue weighted by Crippen LogP contribution is 2.43. The molecule has 0 spiro atoms. The molecule has 1 heterocycles. The highest BCUT2D eigenvalue weighted by Gasteiger charge is 2.47. The summed E-state index contributed by atoms with van der Waals surface area (Å²) < 4.78 is 0. The second kappa shape index (κ2) is 8.53. The summed E-state index contributed by atoms with van der Waals surface area (Å²) in [7, 11) is 0. The van der Waals surface area contributed by atoms with Crippen molar-refractivity contribution in [1.82, 2.24) is 0 Å². The maximum absolute atomic E-state index is 13.3. The van der Waals surface area contributed by atoms with Crippen LogP contribution < -0.4 is 4.90 Å². The summed E-state index contributed by atoms with van der Waals surface area (Å²) >= 11 is 6.05. The first-order valence-electron chi connectivity index (χ1n) is 10.8. The second-order valence-corrected chi connectivity index (χ2v) is 9.77. The van der Waals surface area contributed by atoms with Gasteiger partial charge in [0.1, 0.15) is 5.76 Å². The molecule has 0 aromatic heterocycles. The van der Waals surface area contributed by atoms with Gasteiger partial charge in [-0.15, -0.1) is 0 Å². The molecule has 1 aliphatic rings. The number of rotatable bonds is 3. The van der Waals surface area contributed by atoms with Crippen LogP contribution in [0.1, 0.15) is 49.1 Å². The molecule has 168 valence electrons. The summed E-state index contributed by atoms with van der Waals surface area (Å²) in [6, 6.07) is 21.1. The summed E-state index contributed by atoms with van der Waals surface area (Å²) in [6.07, 6.45) is 0. The number of Topliss-reactive ketones (excluding diaryl/α,β-unsaturated/α-hetero) is 1. The van der Waals surface area contributed by atoms with Crippen molar-refractivity contribution in [2.45, 2.75) is 39.2 Å². The lowest BCUT2D eigenvalue weighted by Gasteiger charge is -2.26. The number of aryl methyl sites for hydroxylation is 1. The van der Waals surface area contributed by atoms with E-state index in [4.69, 9.17) is 11.6 Å². The summed E-state index contributed by atoms with van der Waals surface area (Å²) in [4.78, 5) is 28.0. The van der Waals surface area contributed by atoms with Crippen LogP contribution in [0.4, 0.5) is 5.69 Å². The van der Waals surface area contributed by atoms with Gasteiger partial charge in [0.15, 0.2) is 0 Å². The van der Waals surface area contributed by atoms with Gasteiger partial charge >= 0.3 is 0 Å². The number of hydrogen-bond donors (Lipinski definition) is 1. The third-order valence-electron chi connectivity index (χ3n) is 6.02. The Hall–Kier alpha value is -3.37. The van der Waals surface area contributed by atoms with Crippen LogP contribution in [0, 0.1) is 6.92 Å². The van der Waals surface area contributed by atoms with Crippen molar-refractivity contribution >= 4 is 34.7 Å². The summed E-state index contributed by atoms with van der Waals surface area (Å²) in [5.74, 6) is -1.56. The van der Waals surface area contributed by atoms with Gasteiger partial charge in [0.05, 0.1) is 11.6 Å². The standard InChI is InChI=1S/C28H26ClNO3/c1-17-10-11-19(28(2,3)4)16-22(17)25(31)23-24(18-8-6-5-7-9-18)30(27(33)26(23)32)21-14-12-20(29)13-15-21/h5-16,24,31H,1-4H3/b25-23+. The molecule has 33 heavy (non-hydrogen) atoms. The molecule has 0 aliphatic carbocycles. The molecule has 0 radical (unpaired) electrons. The van der Waals surface area contributed by atoms with E-state index in [1.165, 1.54) is 4.90 Å². The molecule has 5 heteroatoms. The van der Waals surface area contributed by atoms with Crippen LogP contribution in [0.5, 0.6) is 0 Å². The van der Waals surface area contributed by atoms with Gasteiger partial charge in [0.25, 0.3) is 11.7 Å². The average molecular weight is 460 g/mol. The number of amides is 1. The van der Waals surface area contributed by atoms with Gasteiger partial charge in [-0.3, -0.25) is 14.5 Å². The zero-order valence-corrected chi connectivity index (χ0v) is 19.9. The average Bonchev–Trinajstić information content (AvgIpc) is 3.05. The molecule has 4 nitrogen and oxygen atoms in total. The topological polar surface area (TPSA) is 57.6 Å². The van der Waals surface area contributed by atoms with Crippen molar-refractivity contribution in [1.29, 1.82) is 0 Å². The highest BCUT2D eigenvalue weighted by molar-refractivity contribution is 6.51. The molecular formula is C28H26ClNO3. The Labute approximate surface area is 199 Å². The Kier molecular flexibility index (Phi) is 5.89. The fourth-order valence-electron chi connectivity index (χ4n) is 4.14. The van der Waals surface area contributed by atoms with Gasteiger partial charge in [-0.05, 0) is 59.4 Å². The molecule has 1 saturated heterocycles. The molecular weight excluding hydrogens is 434 g/mol. The van der Waals surface area contributed by atoms with Crippen LogP contribution in [0.25, 0.3) is 5.76 Å². The van der Waals surface area contributed by atoms with Crippen LogP contribution >= 0.6 is 11.6 Å². The maximum atomic E-state index is 13.3. The number of hydrogen-bond acceptors (Lipinski definition) is 3. The summed E-state index contributed by atoms with van der Waals surface area (Å²) in [6.45, 7) is 8.15. The lowest BCUT2D eigenvalue weighted by molar-refractivity contribution is -0.132. The van der Waals surface area contributed by atoms with Crippen LogP contribution in [-0.2, 0) is 15.0 Å². The Balaban J connectivity index is 1.96. The van der Waals surface area contributed by atoms with Gasteiger partial charge in [-0.1, -0.05) is 74.8 Å². The first-order valence-corrected chi connectivity index (χ1v) is 11.2. The van der Waals surface area contributed by atoms with Gasteiger partial charge in [0.2, 0.25) is 0 Å². The fraction of sp³-hybridized carbons (Fsp3) is 0.214. The molecule has 0 saturated carbocycles. The highest BCUT2D eigenvalue weighted by atomic mass is 35.5. The van der Waals surface area contributed by atoms with E-state index in [0.29, 0.717) is 16.3 Å². The van der Waals surface area contributed by atoms with Gasteiger partial charge in [0, 0.05) is 16.3 Å². The van der Waals surface area contributed by atoms with Gasteiger partial charge in [-0.25, -0.2) is 0 Å². The Morgan fingerprint density at radius 1 is 0.939 bits per heavy atom. The van der Waals surface area contributed by atoms with E-state index in [0.717, 1.165) is 16.7 Å². The van der Waals surface area contributed by atoms with E-state index in [-0.39, 0.29) is 16.7 Å². The van der Waals surface area contributed by atoms with E-state index in [1.54, 1.807) is 24.3 Å². The lowest BCUT2D eigenvalue weighted by Crippen LogP contribution is -2.29. The number of carbonyl (C=O) groups excluding carboxylic acids is 2. The van der Waals surface area contributed by atoms with Crippen molar-refractivity contribution in [3.63, 3.8) is 0 Å². The number of benzene rings is 3. The van der Waals surface area contributed by atoms with Crippen molar-refractivity contribution in [3.05, 3.63) is 106 Å². The predicted molar refractivity (Wildman–Crippen MR) is 133 cm³/mol. The molecule has 1 unspecified atom stereocenters. The zero-order valence-electron chi connectivity index (χ0n) is 19.1.